The number of nitrogens with zero attached hydrogens (tertiary/aromatic N) is 6. The Balaban J connectivity index is 1.98. The van der Waals surface area contributed by atoms with Crippen LogP contribution >= 0.6 is 0 Å². The van der Waals surface area contributed by atoms with Gasteiger partial charge in [0.15, 0.2) is 5.82 Å². The molecular formula is C14H21N7. The molecule has 0 aromatic carbocycles. The third kappa shape index (κ3) is 2.96. The van der Waals surface area contributed by atoms with Crippen molar-refractivity contribution in [3.8, 4) is 11.6 Å². The molecule has 1 aliphatic rings. The number of rotatable bonds is 5. The Hall–Kier alpha value is -2.18. The van der Waals surface area contributed by atoms with Gasteiger partial charge in [0.1, 0.15) is 0 Å². The van der Waals surface area contributed by atoms with E-state index in [0.29, 0.717) is 11.8 Å². The van der Waals surface area contributed by atoms with E-state index >= 15 is 0 Å². The summed E-state index contributed by atoms with van der Waals surface area (Å²) in [6, 6.07) is 0. The average Bonchev–Trinajstić information content (AvgIpc) is 3.16. The van der Waals surface area contributed by atoms with Crippen LogP contribution in [0.1, 0.15) is 26.2 Å². The minimum Gasteiger partial charge on any atom is -0.354 e. The van der Waals surface area contributed by atoms with Gasteiger partial charge in [0.05, 0.1) is 0 Å². The Morgan fingerprint density at radius 1 is 1.19 bits per heavy atom. The first-order chi connectivity index (χ1) is 10.3. The van der Waals surface area contributed by atoms with E-state index in [1.165, 1.54) is 12.8 Å². The first kappa shape index (κ1) is 13.8. The number of hydrogen-bond donors (Lipinski definition) is 1. The van der Waals surface area contributed by atoms with Crippen molar-refractivity contribution in [2.45, 2.75) is 26.2 Å². The van der Waals surface area contributed by atoms with Crippen LogP contribution in [0, 0.1) is 0 Å². The molecule has 1 N–H and O–H groups in total. The first-order valence-corrected chi connectivity index (χ1v) is 7.50. The van der Waals surface area contributed by atoms with Crippen LogP contribution in [0.3, 0.4) is 0 Å². The fourth-order valence-electron chi connectivity index (χ4n) is 2.42. The first-order valence-electron chi connectivity index (χ1n) is 7.50. The monoisotopic (exact) mass is 287 g/mol. The minimum absolute atomic E-state index is 0.623. The van der Waals surface area contributed by atoms with Gasteiger partial charge in [0, 0.05) is 39.1 Å². The van der Waals surface area contributed by atoms with Crippen LogP contribution in [-0.4, -0.2) is 44.1 Å². The van der Waals surface area contributed by atoms with Crippen molar-refractivity contribution in [3.05, 3.63) is 12.4 Å². The molecule has 0 saturated carbocycles. The lowest BCUT2D eigenvalue weighted by molar-refractivity contribution is 0.854. The zero-order valence-corrected chi connectivity index (χ0v) is 12.6. The van der Waals surface area contributed by atoms with Gasteiger partial charge in [-0.25, -0.2) is 4.98 Å². The van der Waals surface area contributed by atoms with Crippen molar-refractivity contribution < 1.29 is 0 Å². The van der Waals surface area contributed by atoms with Gasteiger partial charge in [-0.3, -0.25) is 0 Å². The zero-order valence-electron chi connectivity index (χ0n) is 12.6. The molecule has 3 heterocycles. The van der Waals surface area contributed by atoms with Gasteiger partial charge in [-0.15, -0.1) is 0 Å². The summed E-state index contributed by atoms with van der Waals surface area (Å²) >= 11 is 0. The van der Waals surface area contributed by atoms with E-state index in [-0.39, 0.29) is 0 Å². The molecule has 0 spiro atoms. The molecule has 1 aliphatic heterocycles. The molecule has 112 valence electrons. The normalized spacial score (nSPS) is 14.7. The molecular weight excluding hydrogens is 266 g/mol. The second kappa shape index (κ2) is 6.07. The SMILES string of the molecule is CCCNc1nc(-c2nccn2C)nc(N2CCCC2)n1. The van der Waals surface area contributed by atoms with Gasteiger partial charge >= 0.3 is 0 Å². The van der Waals surface area contributed by atoms with Crippen LogP contribution < -0.4 is 10.2 Å². The van der Waals surface area contributed by atoms with E-state index in [4.69, 9.17) is 0 Å². The predicted octanol–water partition coefficient (Wildman–Crippen LogP) is 1.69. The van der Waals surface area contributed by atoms with Crippen molar-refractivity contribution in [3.63, 3.8) is 0 Å². The molecule has 1 saturated heterocycles. The van der Waals surface area contributed by atoms with Crippen molar-refractivity contribution in [1.82, 2.24) is 24.5 Å². The second-order valence-corrected chi connectivity index (χ2v) is 5.27. The number of aryl methyl sites for hydroxylation is 1. The third-order valence-corrected chi connectivity index (χ3v) is 3.57. The Kier molecular flexibility index (Phi) is 3.98. The molecule has 7 nitrogen and oxygen atoms in total. The van der Waals surface area contributed by atoms with Gasteiger partial charge < -0.3 is 14.8 Å². The van der Waals surface area contributed by atoms with Crippen LogP contribution in [0.2, 0.25) is 0 Å². The summed E-state index contributed by atoms with van der Waals surface area (Å²) in [6.07, 6.45) is 7.08. The predicted molar refractivity (Wildman–Crippen MR) is 82.3 cm³/mol. The highest BCUT2D eigenvalue weighted by Crippen LogP contribution is 2.21. The Morgan fingerprint density at radius 2 is 2.00 bits per heavy atom. The average molecular weight is 287 g/mol. The minimum atomic E-state index is 0.623. The van der Waals surface area contributed by atoms with Crippen molar-refractivity contribution in [2.75, 3.05) is 29.9 Å². The molecule has 0 unspecified atom stereocenters. The van der Waals surface area contributed by atoms with E-state index in [0.717, 1.165) is 37.8 Å². The van der Waals surface area contributed by atoms with Crippen molar-refractivity contribution in [2.24, 2.45) is 7.05 Å². The van der Waals surface area contributed by atoms with Crippen LogP contribution in [0.4, 0.5) is 11.9 Å². The second-order valence-electron chi connectivity index (χ2n) is 5.27. The van der Waals surface area contributed by atoms with Gasteiger partial charge in [0.2, 0.25) is 17.7 Å². The van der Waals surface area contributed by atoms with Crippen LogP contribution in [0.25, 0.3) is 11.6 Å². The van der Waals surface area contributed by atoms with E-state index in [9.17, 15) is 0 Å². The fraction of sp³-hybridized carbons (Fsp3) is 0.571. The Bertz CT molecular complexity index is 601. The maximum absolute atomic E-state index is 4.61. The number of nitrogens with one attached hydrogen (secondary N) is 1. The summed E-state index contributed by atoms with van der Waals surface area (Å²) < 4.78 is 1.92. The Labute approximate surface area is 124 Å². The molecule has 3 rings (SSSR count). The maximum atomic E-state index is 4.61. The molecule has 7 heteroatoms. The molecule has 1 fully saturated rings. The topological polar surface area (TPSA) is 71.8 Å². The van der Waals surface area contributed by atoms with Crippen LogP contribution in [0.15, 0.2) is 12.4 Å². The molecule has 2 aromatic heterocycles. The van der Waals surface area contributed by atoms with Gasteiger partial charge in [-0.2, -0.15) is 15.0 Å². The number of aromatic nitrogens is 5. The standard InChI is InChI=1S/C14H21N7/c1-3-6-16-13-17-11(12-15-7-10-20(12)2)18-14(19-13)21-8-4-5-9-21/h7,10H,3-6,8-9H2,1-2H3,(H,16,17,18,19). The lowest BCUT2D eigenvalue weighted by Crippen LogP contribution is -2.22. The molecule has 2 aromatic rings. The highest BCUT2D eigenvalue weighted by Gasteiger charge is 2.19. The van der Waals surface area contributed by atoms with Crippen molar-refractivity contribution >= 4 is 11.9 Å². The van der Waals surface area contributed by atoms with Gasteiger partial charge in [-0.1, -0.05) is 6.92 Å². The summed E-state index contributed by atoms with van der Waals surface area (Å²) in [7, 11) is 1.95. The Morgan fingerprint density at radius 3 is 2.67 bits per heavy atom. The number of anilines is 2. The smallest absolute Gasteiger partial charge is 0.230 e. The van der Waals surface area contributed by atoms with Crippen molar-refractivity contribution in [1.29, 1.82) is 0 Å². The summed E-state index contributed by atoms with van der Waals surface area (Å²) in [5.41, 5.74) is 0. The molecule has 0 radical (unpaired) electrons. The highest BCUT2D eigenvalue weighted by molar-refractivity contribution is 5.51. The van der Waals surface area contributed by atoms with Gasteiger partial charge in [-0.05, 0) is 19.3 Å². The van der Waals surface area contributed by atoms with Gasteiger partial charge in [0.25, 0.3) is 0 Å². The van der Waals surface area contributed by atoms with E-state index < -0.39 is 0 Å². The quantitative estimate of drug-likeness (QED) is 0.902. The number of imidazole rings is 1. The molecule has 0 atom stereocenters. The summed E-state index contributed by atoms with van der Waals surface area (Å²) in [4.78, 5) is 20.2. The van der Waals surface area contributed by atoms with E-state index in [1.54, 1.807) is 6.20 Å². The lowest BCUT2D eigenvalue weighted by atomic mass is 10.4. The fourth-order valence-corrected chi connectivity index (χ4v) is 2.42. The largest absolute Gasteiger partial charge is 0.354 e. The van der Waals surface area contributed by atoms with Crippen LogP contribution in [0.5, 0.6) is 0 Å². The summed E-state index contributed by atoms with van der Waals surface area (Å²) in [6.45, 7) is 4.99. The molecule has 0 amide bonds. The summed E-state index contributed by atoms with van der Waals surface area (Å²) in [5, 5.41) is 3.25. The molecule has 0 aliphatic carbocycles. The van der Waals surface area contributed by atoms with E-state index in [1.807, 2.05) is 17.8 Å². The highest BCUT2D eigenvalue weighted by atomic mass is 15.3. The maximum Gasteiger partial charge on any atom is 0.230 e. The van der Waals surface area contributed by atoms with Crippen LogP contribution in [-0.2, 0) is 7.05 Å². The lowest BCUT2D eigenvalue weighted by Gasteiger charge is -2.16. The summed E-state index contributed by atoms with van der Waals surface area (Å²) in [5.74, 6) is 2.77. The molecule has 21 heavy (non-hydrogen) atoms. The third-order valence-electron chi connectivity index (χ3n) is 3.57. The zero-order chi connectivity index (χ0) is 14.7. The van der Waals surface area contributed by atoms with E-state index in [2.05, 4.69) is 37.1 Å². The molecule has 0 bridgehead atoms. The number of hydrogen-bond acceptors (Lipinski definition) is 6.